The van der Waals surface area contributed by atoms with E-state index in [0.29, 0.717) is 83.8 Å². The van der Waals surface area contributed by atoms with Crippen LogP contribution in [-0.2, 0) is 96.3 Å². The first-order chi connectivity index (χ1) is 47.8. The predicted octanol–water partition coefficient (Wildman–Crippen LogP) is 9.29. The van der Waals surface area contributed by atoms with Gasteiger partial charge >= 0.3 is 64.4 Å². The fourth-order valence-electron chi connectivity index (χ4n) is 6.61. The van der Waals surface area contributed by atoms with E-state index in [1.54, 1.807) is 109 Å². The van der Waals surface area contributed by atoms with Gasteiger partial charge in [0, 0.05) is 51.3 Å². The zero-order valence-corrected chi connectivity index (χ0v) is 67.6. The van der Waals surface area contributed by atoms with Crippen molar-refractivity contribution in [3.8, 4) is 0 Å². The van der Waals surface area contributed by atoms with Crippen LogP contribution in [-0.4, -0.2) is 175 Å². The number of nitrogens with zero attached hydrogens (tertiary/aromatic N) is 17. The van der Waals surface area contributed by atoms with Gasteiger partial charge in [0.1, 0.15) is 23.5 Å². The second-order valence-electron chi connectivity index (χ2n) is 21.1. The van der Waals surface area contributed by atoms with Crippen LogP contribution in [0.4, 0.5) is 17.5 Å². The maximum absolute atomic E-state index is 11.1. The van der Waals surface area contributed by atoms with Crippen LogP contribution in [0.2, 0.25) is 0 Å². The molecule has 0 aliphatic rings. The van der Waals surface area contributed by atoms with E-state index in [9.17, 15) is 28.8 Å². The SMILES string of the molecule is C.C.C.C.COC(=O)[C@@H](C)CI.COC(=O)[C@@H](C)Cc1ccc(N)nc1.CSc1nnc(C)nn1.C[C@@H](Cc1ccc(N)nc1)C(=O)O.Cc1nnc(Cc2ccc(C[C@H](C)C(=O)O)cn2)nn1.Cc1nnc(Cc2ccc(C[C@H](N)C(=O)O)cn2)nn1.Nc1ccc(Br)cn1.[CH2-][C@H](C)C(=O)OC.[Zn+][I]. The Bertz CT molecular complexity index is 3510. The van der Waals surface area contributed by atoms with Gasteiger partial charge < -0.3 is 59.4 Å². The molecule has 0 aliphatic carbocycles. The van der Waals surface area contributed by atoms with E-state index < -0.39 is 29.9 Å². The Kier molecular flexibility index (Phi) is 61.0. The maximum atomic E-state index is 11.1. The normalized spacial score (nSPS) is 11.2. The fourth-order valence-corrected chi connectivity index (χ4v) is 7.44. The fraction of sp³-hybridized carbons (Fsp3) is 0.433. The molecule has 0 amide bonds. The Labute approximate surface area is 662 Å². The first-order valence-corrected chi connectivity index (χ1v) is 42.5. The van der Waals surface area contributed by atoms with Crippen LogP contribution >= 0.6 is 70.0 Å². The minimum absolute atomic E-state index is 0. The van der Waals surface area contributed by atoms with Gasteiger partial charge in [0.2, 0.25) is 5.16 Å². The number of esters is 3. The molecule has 0 aliphatic heterocycles. The Hall–Kier alpha value is -8.34. The number of rotatable bonds is 20. The molecule has 0 radical (unpaired) electrons. The molecule has 0 saturated heterocycles. The molecule has 38 heteroatoms. The summed E-state index contributed by atoms with van der Waals surface area (Å²) in [5.74, 6) is -0.256. The second-order valence-corrected chi connectivity index (χ2v) is 23.7. The molecule has 0 saturated carbocycles. The summed E-state index contributed by atoms with van der Waals surface area (Å²) in [6, 6.07) is 17.0. The number of hydrogen-bond donors (Lipinski definition) is 7. The molecule has 574 valence electrons. The Morgan fingerprint density at radius 3 is 1.04 bits per heavy atom. The van der Waals surface area contributed by atoms with E-state index >= 15 is 0 Å². The van der Waals surface area contributed by atoms with Gasteiger partial charge in [0.15, 0.2) is 29.1 Å². The average Bonchev–Trinajstić information content (AvgIpc) is 0.886. The number of carboxylic acids is 3. The molecule has 0 aromatic carbocycles. The number of carboxylic acid groups (broad SMARTS) is 3. The molecule has 105 heavy (non-hydrogen) atoms. The number of halogens is 3. The number of aryl methyl sites for hydroxylation is 3. The number of nitrogens with two attached hydrogens (primary N) is 4. The van der Waals surface area contributed by atoms with Crippen molar-refractivity contribution in [2.45, 2.75) is 135 Å². The van der Waals surface area contributed by atoms with Crippen LogP contribution in [0, 0.1) is 57.3 Å². The summed E-state index contributed by atoms with van der Waals surface area (Å²) in [5.41, 5.74) is 26.7. The minimum atomic E-state index is -1.03. The number of ether oxygens (including phenoxy) is 3. The molecule has 6 atom stereocenters. The molecule has 8 aromatic rings. The van der Waals surface area contributed by atoms with Crippen molar-refractivity contribution < 1.29 is 73.1 Å². The van der Waals surface area contributed by atoms with Crippen molar-refractivity contribution in [1.82, 2.24) is 86.1 Å². The average molecular weight is 1820 g/mol. The van der Waals surface area contributed by atoms with Gasteiger partial charge in [-0.3, -0.25) is 38.7 Å². The number of anilines is 3. The van der Waals surface area contributed by atoms with Gasteiger partial charge in [0.25, 0.3) is 5.97 Å². The number of aliphatic carboxylic acids is 3. The van der Waals surface area contributed by atoms with Crippen molar-refractivity contribution in [3.05, 3.63) is 166 Å². The van der Waals surface area contributed by atoms with E-state index in [1.807, 2.05) is 44.4 Å². The number of carbonyl (C=O) groups excluding carboxylic acids is 3. The first-order valence-electron chi connectivity index (χ1n) is 30.0. The number of carbonyl (C=O) groups is 6. The number of methoxy groups -OCH3 is 3. The molecule has 8 aromatic heterocycles. The van der Waals surface area contributed by atoms with Crippen molar-refractivity contribution in [2.75, 3.05) is 49.2 Å². The van der Waals surface area contributed by atoms with Crippen molar-refractivity contribution >= 4 is 123 Å². The molecule has 11 N–H and O–H groups in total. The van der Waals surface area contributed by atoms with Gasteiger partial charge in [-0.2, -0.15) is 0 Å². The van der Waals surface area contributed by atoms with E-state index in [0.717, 1.165) is 42.5 Å². The van der Waals surface area contributed by atoms with Crippen LogP contribution in [0.1, 0.15) is 127 Å². The number of thioether (sulfide) groups is 1. The molecule has 0 unspecified atom stereocenters. The van der Waals surface area contributed by atoms with Crippen molar-refractivity contribution in [3.63, 3.8) is 0 Å². The molecular formula is C67H100BrI2N21O12SZn. The number of alkyl halides is 1. The van der Waals surface area contributed by atoms with Crippen LogP contribution in [0.5, 0.6) is 0 Å². The van der Waals surface area contributed by atoms with Gasteiger partial charge in [-0.05, 0) is 127 Å². The Balaban J connectivity index is -0.000000370. The summed E-state index contributed by atoms with van der Waals surface area (Å²) in [7, 11) is 4.15. The number of pyridine rings is 5. The molecule has 0 fully saturated rings. The third kappa shape index (κ3) is 49.9. The molecule has 0 bridgehead atoms. The summed E-state index contributed by atoms with van der Waals surface area (Å²) in [6.45, 7) is 17.3. The quantitative estimate of drug-likeness (QED) is 0.00710. The Morgan fingerprint density at radius 2 is 0.790 bits per heavy atom. The first kappa shape index (κ1) is 105. The van der Waals surface area contributed by atoms with Crippen LogP contribution in [0.15, 0.2) is 101 Å². The van der Waals surface area contributed by atoms with Gasteiger partial charge in [-0.25, -0.2) is 15.0 Å². The van der Waals surface area contributed by atoms with E-state index in [2.05, 4.69) is 166 Å². The van der Waals surface area contributed by atoms with E-state index in [4.69, 9.17) is 38.3 Å². The number of nitrogen functional groups attached to an aromatic ring is 3. The summed E-state index contributed by atoms with van der Waals surface area (Å²) in [5, 5.41) is 72.7. The third-order valence-electron chi connectivity index (χ3n) is 12.2. The number of hydrogen-bond acceptors (Lipinski definition) is 31. The number of aromatic nitrogens is 17. The molecular weight excluding hydrogens is 1720 g/mol. The van der Waals surface area contributed by atoms with Gasteiger partial charge in [-0.15, -0.1) is 61.2 Å². The zero-order chi connectivity index (χ0) is 76.6. The van der Waals surface area contributed by atoms with Crippen molar-refractivity contribution in [1.29, 1.82) is 0 Å². The standard InChI is InChI=1S/C13H15N5O2.C12H14N6O2.C10H14N2O2.C9H12N2O2.C5H5BrN2.C5H9IO2.C5H9O2.C4H6N4S.4CH4.HI.Zn/c1-8(13(19)20)5-10-3-4-11(14-7-10)6-12-17-15-9(2)16-18-12;1-7-15-17-11(18-16-7)5-9-3-2-8(6-14-9)4-10(13)12(19)20;1-7(10(13)14-2)5-8-3-4-9(11)12-6-8;1-6(9(12)13)4-7-2-3-8(10)11-5-7;6-4-1-2-5(7)8-3-4;1-4(3-6)5(7)8-2;1-4(2)5(6)7-3;1-3-5-7-4(9-2)8-6-3;;;;;;/h3-4,7-8H,5-6H2,1-2H3,(H,19,20);2-3,6,10H,4-5,13H2,1H3,(H,19,20);3-4,6-7H,5H2,1-2H3,(H2,11,12);2-3,5-6H,4H2,1H3,(H2,10,11)(H,12,13);1-3H,(H2,7,8);4H,3H2,1-2H3;4H,1H2,2-3H3;1-2H3;4*1H4;1H;/q;;;;;;-1;;;;;;;+2/p-1/t8-;10-;7-;6-;;2*4-;;;;;;;/m0000.01......./s1. The van der Waals surface area contributed by atoms with Crippen LogP contribution < -0.4 is 22.9 Å². The molecule has 33 nitrogen and oxygen atoms in total. The van der Waals surface area contributed by atoms with E-state index in [-0.39, 0.29) is 77.7 Å². The third-order valence-corrected chi connectivity index (χ3v) is 14.5. The summed E-state index contributed by atoms with van der Waals surface area (Å²) in [4.78, 5) is 84.0. The predicted molar refractivity (Wildman–Crippen MR) is 419 cm³/mol. The van der Waals surface area contributed by atoms with Gasteiger partial charge in [-0.1, -0.05) is 129 Å². The van der Waals surface area contributed by atoms with E-state index in [1.165, 1.54) is 47.9 Å². The second kappa shape index (κ2) is 60.9. The van der Waals surface area contributed by atoms with Gasteiger partial charge in [0.05, 0.1) is 57.8 Å². The molecule has 8 rings (SSSR count). The topological polar surface area (TPSA) is 514 Å². The molecule has 8 heterocycles. The monoisotopic (exact) mass is 1820 g/mol. The van der Waals surface area contributed by atoms with Crippen LogP contribution in [0.25, 0.3) is 0 Å². The molecule has 0 spiro atoms. The zero-order valence-electron chi connectivity index (χ0n) is 58.0. The van der Waals surface area contributed by atoms with Crippen molar-refractivity contribution in [2.24, 2.45) is 35.3 Å². The summed E-state index contributed by atoms with van der Waals surface area (Å²) in [6.07, 6.45) is 12.8. The summed E-state index contributed by atoms with van der Waals surface area (Å²) < 4.78 is 15.2. The Morgan fingerprint density at radius 1 is 0.476 bits per heavy atom. The van der Waals surface area contributed by atoms with Crippen LogP contribution in [0.3, 0.4) is 0 Å². The summed E-state index contributed by atoms with van der Waals surface area (Å²) >= 11 is 10.4.